The van der Waals surface area contributed by atoms with Crippen LogP contribution in [0.25, 0.3) is 0 Å². The first-order valence-electron chi connectivity index (χ1n) is 7.15. The Morgan fingerprint density at radius 1 is 1.30 bits per heavy atom. The van der Waals surface area contributed by atoms with E-state index in [1.54, 1.807) is 25.4 Å². The van der Waals surface area contributed by atoms with Gasteiger partial charge in [-0.05, 0) is 18.2 Å². The number of aryl methyl sites for hydroxylation is 1. The van der Waals surface area contributed by atoms with Gasteiger partial charge in [-0.25, -0.2) is 4.98 Å². The average Bonchev–Trinajstić information content (AvgIpc) is 3.24. The van der Waals surface area contributed by atoms with Gasteiger partial charge in [-0.1, -0.05) is 18.2 Å². The molecule has 0 aliphatic heterocycles. The van der Waals surface area contributed by atoms with E-state index in [0.717, 1.165) is 5.56 Å². The summed E-state index contributed by atoms with van der Waals surface area (Å²) in [6.07, 6.45) is 4.99. The smallest absolute Gasteiger partial charge is 0.287 e. The molecule has 0 spiro atoms. The van der Waals surface area contributed by atoms with Crippen molar-refractivity contribution in [1.29, 1.82) is 0 Å². The molecular formula is C17H17N3O3. The highest BCUT2D eigenvalue weighted by atomic mass is 16.5. The van der Waals surface area contributed by atoms with E-state index in [1.807, 2.05) is 42.1 Å². The van der Waals surface area contributed by atoms with Gasteiger partial charge < -0.3 is 19.0 Å². The summed E-state index contributed by atoms with van der Waals surface area (Å²) in [6, 6.07) is 10.4. The summed E-state index contributed by atoms with van der Waals surface area (Å²) < 4.78 is 12.5. The first kappa shape index (κ1) is 14.9. The van der Waals surface area contributed by atoms with E-state index in [4.69, 9.17) is 9.15 Å². The van der Waals surface area contributed by atoms with Gasteiger partial charge in [0.2, 0.25) is 0 Å². The zero-order chi connectivity index (χ0) is 16.2. The molecule has 0 saturated carbocycles. The summed E-state index contributed by atoms with van der Waals surface area (Å²) in [7, 11) is 3.48. The second-order valence-corrected chi connectivity index (χ2v) is 5.02. The number of nitrogens with one attached hydrogen (secondary N) is 1. The molecule has 2 aromatic heterocycles. The number of hydrogen-bond acceptors (Lipinski definition) is 4. The molecule has 0 aliphatic rings. The minimum absolute atomic E-state index is 0.249. The van der Waals surface area contributed by atoms with E-state index >= 15 is 0 Å². The molecule has 6 nitrogen and oxygen atoms in total. The number of para-hydroxylation sites is 1. The van der Waals surface area contributed by atoms with E-state index in [1.165, 1.54) is 6.26 Å². The minimum atomic E-state index is -0.455. The summed E-state index contributed by atoms with van der Waals surface area (Å²) in [5.41, 5.74) is 0.823. The van der Waals surface area contributed by atoms with Gasteiger partial charge >= 0.3 is 0 Å². The van der Waals surface area contributed by atoms with Crippen molar-refractivity contribution in [2.75, 3.05) is 7.11 Å². The van der Waals surface area contributed by atoms with Crippen molar-refractivity contribution in [3.05, 3.63) is 72.2 Å². The van der Waals surface area contributed by atoms with Gasteiger partial charge in [-0.3, -0.25) is 4.79 Å². The molecule has 0 radical (unpaired) electrons. The van der Waals surface area contributed by atoms with Crippen LogP contribution in [0, 0.1) is 0 Å². The predicted octanol–water partition coefficient (Wildman–Crippen LogP) is 2.54. The van der Waals surface area contributed by atoms with E-state index in [2.05, 4.69) is 10.3 Å². The van der Waals surface area contributed by atoms with Crippen LogP contribution in [0.3, 0.4) is 0 Å². The SMILES string of the molecule is COc1ccccc1[C@@H](NC(=O)c1ccco1)c1nccn1C. The number of amides is 1. The third-order valence-corrected chi connectivity index (χ3v) is 3.59. The van der Waals surface area contributed by atoms with Crippen LogP contribution in [0.2, 0.25) is 0 Å². The Balaban J connectivity index is 2.01. The third kappa shape index (κ3) is 2.96. The number of carbonyl (C=O) groups excluding carboxylic acids is 1. The van der Waals surface area contributed by atoms with Crippen molar-refractivity contribution >= 4 is 5.91 Å². The molecular weight excluding hydrogens is 294 g/mol. The highest BCUT2D eigenvalue weighted by Crippen LogP contribution is 2.29. The number of benzene rings is 1. The van der Waals surface area contributed by atoms with Gasteiger partial charge in [-0.15, -0.1) is 0 Å². The van der Waals surface area contributed by atoms with Crippen molar-refractivity contribution in [2.45, 2.75) is 6.04 Å². The lowest BCUT2D eigenvalue weighted by Crippen LogP contribution is -2.31. The Kier molecular flexibility index (Phi) is 4.14. The molecule has 0 bridgehead atoms. The number of imidazole rings is 1. The van der Waals surface area contributed by atoms with Gasteiger partial charge in [0.15, 0.2) is 5.76 Å². The van der Waals surface area contributed by atoms with E-state index in [9.17, 15) is 4.79 Å². The molecule has 3 rings (SSSR count). The van der Waals surface area contributed by atoms with Crippen molar-refractivity contribution < 1.29 is 13.9 Å². The average molecular weight is 311 g/mol. The molecule has 0 fully saturated rings. The fourth-order valence-corrected chi connectivity index (χ4v) is 2.45. The number of carbonyl (C=O) groups is 1. The lowest BCUT2D eigenvalue weighted by Gasteiger charge is -2.20. The molecule has 0 aliphatic carbocycles. The summed E-state index contributed by atoms with van der Waals surface area (Å²) in [5, 5.41) is 2.96. The molecule has 23 heavy (non-hydrogen) atoms. The van der Waals surface area contributed by atoms with E-state index in [0.29, 0.717) is 11.6 Å². The zero-order valence-electron chi connectivity index (χ0n) is 12.9. The number of ether oxygens (including phenoxy) is 1. The molecule has 6 heteroatoms. The van der Waals surface area contributed by atoms with Crippen LogP contribution in [-0.2, 0) is 7.05 Å². The Morgan fingerprint density at radius 2 is 2.13 bits per heavy atom. The van der Waals surface area contributed by atoms with Gasteiger partial charge in [0.1, 0.15) is 17.6 Å². The largest absolute Gasteiger partial charge is 0.496 e. The Labute approximate surface area is 133 Å². The summed E-state index contributed by atoms with van der Waals surface area (Å²) in [5.74, 6) is 1.32. The van der Waals surface area contributed by atoms with E-state index < -0.39 is 6.04 Å². The lowest BCUT2D eigenvalue weighted by molar-refractivity contribution is 0.0913. The number of aromatic nitrogens is 2. The van der Waals surface area contributed by atoms with Crippen LogP contribution in [0.1, 0.15) is 28.0 Å². The monoisotopic (exact) mass is 311 g/mol. The topological polar surface area (TPSA) is 69.3 Å². The molecule has 3 aromatic rings. The molecule has 1 N–H and O–H groups in total. The van der Waals surface area contributed by atoms with Crippen molar-refractivity contribution in [3.63, 3.8) is 0 Å². The first-order valence-corrected chi connectivity index (χ1v) is 7.15. The van der Waals surface area contributed by atoms with Crippen LogP contribution < -0.4 is 10.1 Å². The minimum Gasteiger partial charge on any atom is -0.496 e. The van der Waals surface area contributed by atoms with Gasteiger partial charge in [0, 0.05) is 25.0 Å². The fourth-order valence-electron chi connectivity index (χ4n) is 2.45. The molecule has 1 amide bonds. The molecule has 2 heterocycles. The highest BCUT2D eigenvalue weighted by molar-refractivity contribution is 5.91. The van der Waals surface area contributed by atoms with Crippen LogP contribution in [0.4, 0.5) is 0 Å². The van der Waals surface area contributed by atoms with Crippen LogP contribution >= 0.6 is 0 Å². The zero-order valence-corrected chi connectivity index (χ0v) is 12.9. The molecule has 118 valence electrons. The molecule has 1 atom stereocenters. The lowest BCUT2D eigenvalue weighted by atomic mass is 10.0. The maximum atomic E-state index is 12.4. The second kappa shape index (κ2) is 6.39. The summed E-state index contributed by atoms with van der Waals surface area (Å²) in [6.45, 7) is 0. The van der Waals surface area contributed by atoms with Crippen LogP contribution in [0.15, 0.2) is 59.5 Å². The van der Waals surface area contributed by atoms with Crippen molar-refractivity contribution in [2.24, 2.45) is 7.05 Å². The number of hydrogen-bond donors (Lipinski definition) is 1. The maximum absolute atomic E-state index is 12.4. The summed E-state index contributed by atoms with van der Waals surface area (Å²) in [4.78, 5) is 16.8. The maximum Gasteiger partial charge on any atom is 0.287 e. The predicted molar refractivity (Wildman–Crippen MR) is 84.2 cm³/mol. The normalized spacial score (nSPS) is 11.9. The Morgan fingerprint density at radius 3 is 2.78 bits per heavy atom. The second-order valence-electron chi connectivity index (χ2n) is 5.02. The Bertz CT molecular complexity index is 793. The quantitative estimate of drug-likeness (QED) is 0.786. The van der Waals surface area contributed by atoms with Crippen LogP contribution in [0.5, 0.6) is 5.75 Å². The Hall–Kier alpha value is -3.02. The standard InChI is InChI=1S/C17H17N3O3/c1-20-10-9-18-16(20)15(12-6-3-4-7-13(12)22-2)19-17(21)14-8-5-11-23-14/h3-11,15H,1-2H3,(H,19,21)/t15-/m1/s1. The van der Waals surface area contributed by atoms with Gasteiger partial charge in [0.05, 0.1) is 13.4 Å². The number of methoxy groups -OCH3 is 1. The van der Waals surface area contributed by atoms with E-state index in [-0.39, 0.29) is 11.7 Å². The third-order valence-electron chi connectivity index (χ3n) is 3.59. The van der Waals surface area contributed by atoms with Crippen LogP contribution in [-0.4, -0.2) is 22.6 Å². The molecule has 1 aromatic carbocycles. The van der Waals surface area contributed by atoms with Crippen molar-refractivity contribution in [3.8, 4) is 5.75 Å². The summed E-state index contributed by atoms with van der Waals surface area (Å²) >= 11 is 0. The number of nitrogens with zero attached hydrogens (tertiary/aromatic N) is 2. The number of furan rings is 1. The van der Waals surface area contributed by atoms with Crippen molar-refractivity contribution in [1.82, 2.24) is 14.9 Å². The molecule has 0 saturated heterocycles. The van der Waals surface area contributed by atoms with Gasteiger partial charge in [-0.2, -0.15) is 0 Å². The first-order chi connectivity index (χ1) is 11.2. The highest BCUT2D eigenvalue weighted by Gasteiger charge is 2.25. The fraction of sp³-hybridized carbons (Fsp3) is 0.176. The molecule has 0 unspecified atom stereocenters. The number of rotatable bonds is 5. The van der Waals surface area contributed by atoms with Gasteiger partial charge in [0.25, 0.3) is 5.91 Å².